The van der Waals surface area contributed by atoms with E-state index in [1.165, 1.54) is 13.2 Å². The Kier molecular flexibility index (Phi) is 5.32. The van der Waals surface area contributed by atoms with E-state index in [1.54, 1.807) is 24.3 Å². The number of nitrogens with zero attached hydrogens (tertiary/aromatic N) is 2. The van der Waals surface area contributed by atoms with Gasteiger partial charge in [0, 0.05) is 18.3 Å². The van der Waals surface area contributed by atoms with Crippen LogP contribution in [0, 0.1) is 10.1 Å². The van der Waals surface area contributed by atoms with Crippen LogP contribution in [0.15, 0.2) is 36.5 Å². The number of alkyl carbamates (subject to hydrolysis) is 1. The fourth-order valence-corrected chi connectivity index (χ4v) is 1.92. The van der Waals surface area contributed by atoms with Gasteiger partial charge in [0.05, 0.1) is 17.1 Å². The van der Waals surface area contributed by atoms with Crippen molar-refractivity contribution in [3.63, 3.8) is 0 Å². The van der Waals surface area contributed by atoms with Crippen LogP contribution < -0.4 is 10.6 Å². The summed E-state index contributed by atoms with van der Waals surface area (Å²) in [7, 11) is 1.29. The van der Waals surface area contributed by atoms with Crippen LogP contribution in [0.25, 0.3) is 0 Å². The number of nitrogens with one attached hydrogen (secondary N) is 2. The molecule has 1 aromatic carbocycles. The van der Waals surface area contributed by atoms with Crippen LogP contribution in [-0.2, 0) is 11.3 Å². The molecule has 0 unspecified atom stereocenters. The van der Waals surface area contributed by atoms with Crippen LogP contribution in [0.3, 0.4) is 0 Å². The third-order valence-corrected chi connectivity index (χ3v) is 3.16. The molecule has 0 radical (unpaired) electrons. The Labute approximate surface area is 136 Å². The van der Waals surface area contributed by atoms with E-state index in [9.17, 15) is 14.9 Å². The fraction of sp³-hybridized carbons (Fsp3) is 0.143. The SMILES string of the molecule is COC(=O)NCc1ccc(Nc2ncc([N+](=O)[O-])cc2Cl)cc1. The molecule has 1 aromatic heterocycles. The van der Waals surface area contributed by atoms with Crippen molar-refractivity contribution in [3.05, 3.63) is 57.2 Å². The molecule has 0 spiro atoms. The molecule has 23 heavy (non-hydrogen) atoms. The third-order valence-electron chi connectivity index (χ3n) is 2.88. The summed E-state index contributed by atoms with van der Waals surface area (Å²) in [4.78, 5) is 25.0. The van der Waals surface area contributed by atoms with E-state index in [-0.39, 0.29) is 10.7 Å². The molecule has 0 atom stereocenters. The van der Waals surface area contributed by atoms with E-state index in [4.69, 9.17) is 11.6 Å². The quantitative estimate of drug-likeness (QED) is 0.641. The topological polar surface area (TPSA) is 106 Å². The molecule has 0 aliphatic heterocycles. The van der Waals surface area contributed by atoms with Crippen LogP contribution in [0.5, 0.6) is 0 Å². The van der Waals surface area contributed by atoms with Gasteiger partial charge in [-0.1, -0.05) is 23.7 Å². The Morgan fingerprint density at radius 1 is 1.39 bits per heavy atom. The van der Waals surface area contributed by atoms with Crippen molar-refractivity contribution < 1.29 is 14.5 Å². The smallest absolute Gasteiger partial charge is 0.407 e. The maximum atomic E-state index is 11.0. The molecule has 0 saturated heterocycles. The molecular weight excluding hydrogens is 324 g/mol. The van der Waals surface area contributed by atoms with Crippen LogP contribution in [0.4, 0.5) is 22.0 Å². The lowest BCUT2D eigenvalue weighted by atomic mass is 10.2. The largest absolute Gasteiger partial charge is 0.453 e. The zero-order valence-corrected chi connectivity index (χ0v) is 12.8. The maximum Gasteiger partial charge on any atom is 0.407 e. The van der Waals surface area contributed by atoms with Gasteiger partial charge in [0.15, 0.2) is 0 Å². The second-order valence-corrected chi connectivity index (χ2v) is 4.86. The Hall–Kier alpha value is -2.87. The first-order valence-corrected chi connectivity index (χ1v) is 6.85. The Morgan fingerprint density at radius 3 is 2.65 bits per heavy atom. The number of pyridine rings is 1. The molecule has 9 heteroatoms. The number of benzene rings is 1. The molecule has 0 saturated carbocycles. The number of hydrogen-bond donors (Lipinski definition) is 2. The molecule has 2 rings (SSSR count). The second-order valence-electron chi connectivity index (χ2n) is 4.45. The van der Waals surface area contributed by atoms with E-state index in [0.717, 1.165) is 11.8 Å². The molecule has 0 aliphatic rings. The van der Waals surface area contributed by atoms with Gasteiger partial charge in [0.25, 0.3) is 5.69 Å². The fourth-order valence-electron chi connectivity index (χ4n) is 1.71. The second kappa shape index (κ2) is 7.41. The van der Waals surface area contributed by atoms with Gasteiger partial charge in [-0.05, 0) is 17.7 Å². The van der Waals surface area contributed by atoms with Crippen molar-refractivity contribution in [2.24, 2.45) is 0 Å². The van der Waals surface area contributed by atoms with Crippen molar-refractivity contribution in [2.75, 3.05) is 12.4 Å². The lowest BCUT2D eigenvalue weighted by Gasteiger charge is -2.08. The molecule has 1 amide bonds. The predicted molar refractivity (Wildman–Crippen MR) is 84.9 cm³/mol. The first-order valence-electron chi connectivity index (χ1n) is 6.47. The van der Waals surface area contributed by atoms with E-state index < -0.39 is 11.0 Å². The number of amides is 1. The molecule has 1 heterocycles. The number of halogens is 1. The molecular formula is C14H13ClN4O4. The minimum Gasteiger partial charge on any atom is -0.453 e. The van der Waals surface area contributed by atoms with Crippen molar-refractivity contribution in [3.8, 4) is 0 Å². The van der Waals surface area contributed by atoms with Gasteiger partial charge in [-0.15, -0.1) is 0 Å². The average molecular weight is 337 g/mol. The van der Waals surface area contributed by atoms with E-state index in [1.807, 2.05) is 0 Å². The number of aromatic nitrogens is 1. The van der Waals surface area contributed by atoms with Crippen molar-refractivity contribution in [2.45, 2.75) is 6.54 Å². The van der Waals surface area contributed by atoms with Gasteiger partial charge in [-0.25, -0.2) is 9.78 Å². The number of carbonyl (C=O) groups excluding carboxylic acids is 1. The Morgan fingerprint density at radius 2 is 2.09 bits per heavy atom. The van der Waals surface area contributed by atoms with Gasteiger partial charge < -0.3 is 15.4 Å². The summed E-state index contributed by atoms with van der Waals surface area (Å²) in [5.74, 6) is 0.317. The predicted octanol–water partition coefficient (Wildman–Crippen LogP) is 3.24. The standard InChI is InChI=1S/C14H13ClN4O4/c1-23-14(20)17-7-9-2-4-10(5-3-9)18-13-12(15)6-11(8-16-13)19(21)22/h2-6,8H,7H2,1H3,(H,16,18)(H,17,20). The van der Waals surface area contributed by atoms with Crippen molar-refractivity contribution in [1.82, 2.24) is 10.3 Å². The number of hydrogen-bond acceptors (Lipinski definition) is 6. The summed E-state index contributed by atoms with van der Waals surface area (Å²) in [6.07, 6.45) is 0.622. The number of rotatable bonds is 5. The summed E-state index contributed by atoms with van der Waals surface area (Å²) >= 11 is 5.96. The number of carbonyl (C=O) groups is 1. The summed E-state index contributed by atoms with van der Waals surface area (Å²) in [5.41, 5.74) is 1.41. The monoisotopic (exact) mass is 336 g/mol. The Bertz CT molecular complexity index is 721. The van der Waals surface area contributed by atoms with Crippen LogP contribution in [-0.4, -0.2) is 23.1 Å². The highest BCUT2D eigenvalue weighted by atomic mass is 35.5. The lowest BCUT2D eigenvalue weighted by Crippen LogP contribution is -2.22. The summed E-state index contributed by atoms with van der Waals surface area (Å²) in [6, 6.07) is 8.38. The molecule has 120 valence electrons. The molecule has 8 nitrogen and oxygen atoms in total. The van der Waals surface area contributed by atoms with Crippen molar-refractivity contribution in [1.29, 1.82) is 0 Å². The lowest BCUT2D eigenvalue weighted by molar-refractivity contribution is -0.385. The summed E-state index contributed by atoms with van der Waals surface area (Å²) in [5, 5.41) is 16.3. The maximum absolute atomic E-state index is 11.0. The molecule has 0 bridgehead atoms. The minimum atomic E-state index is -0.564. The number of methoxy groups -OCH3 is 1. The first-order chi connectivity index (χ1) is 11.0. The zero-order valence-electron chi connectivity index (χ0n) is 12.1. The summed E-state index contributed by atoms with van der Waals surface area (Å²) < 4.78 is 4.48. The minimum absolute atomic E-state index is 0.149. The normalized spacial score (nSPS) is 10.0. The summed E-state index contributed by atoms with van der Waals surface area (Å²) in [6.45, 7) is 0.337. The first kappa shape index (κ1) is 16.5. The van der Waals surface area contributed by atoms with E-state index >= 15 is 0 Å². The van der Waals surface area contributed by atoms with Gasteiger partial charge >= 0.3 is 6.09 Å². The van der Waals surface area contributed by atoms with Crippen LogP contribution in [0.1, 0.15) is 5.56 Å². The molecule has 0 fully saturated rings. The van der Waals surface area contributed by atoms with Gasteiger partial charge in [0.2, 0.25) is 0 Å². The van der Waals surface area contributed by atoms with Crippen LogP contribution in [0.2, 0.25) is 5.02 Å². The van der Waals surface area contributed by atoms with E-state index in [0.29, 0.717) is 18.1 Å². The van der Waals surface area contributed by atoms with Gasteiger partial charge in [-0.3, -0.25) is 10.1 Å². The van der Waals surface area contributed by atoms with Crippen LogP contribution >= 0.6 is 11.6 Å². The van der Waals surface area contributed by atoms with E-state index in [2.05, 4.69) is 20.4 Å². The third kappa shape index (κ3) is 4.55. The highest BCUT2D eigenvalue weighted by Gasteiger charge is 2.11. The van der Waals surface area contributed by atoms with Gasteiger partial charge in [-0.2, -0.15) is 0 Å². The number of ether oxygens (including phenoxy) is 1. The highest BCUT2D eigenvalue weighted by Crippen LogP contribution is 2.26. The van der Waals surface area contributed by atoms with Crippen molar-refractivity contribution >= 4 is 34.9 Å². The van der Waals surface area contributed by atoms with Gasteiger partial charge in [0.1, 0.15) is 12.0 Å². The average Bonchev–Trinajstić information content (AvgIpc) is 2.55. The molecule has 2 aromatic rings. The number of nitro groups is 1. The molecule has 0 aliphatic carbocycles. The zero-order chi connectivity index (χ0) is 16.8. The molecule has 2 N–H and O–H groups in total. The number of anilines is 2. The Balaban J connectivity index is 2.03. The highest BCUT2D eigenvalue weighted by molar-refractivity contribution is 6.33.